The van der Waals surface area contributed by atoms with Crippen LogP contribution in [0.3, 0.4) is 0 Å². The lowest BCUT2D eigenvalue weighted by atomic mass is 10.0. The van der Waals surface area contributed by atoms with Gasteiger partial charge < -0.3 is 13.7 Å². The fourth-order valence-electron chi connectivity index (χ4n) is 8.73. The molecule has 0 atom stereocenters. The minimum atomic E-state index is 0.579. The van der Waals surface area contributed by atoms with Crippen LogP contribution in [0.2, 0.25) is 0 Å². The minimum absolute atomic E-state index is 0.579. The summed E-state index contributed by atoms with van der Waals surface area (Å²) in [6.07, 6.45) is 0. The van der Waals surface area contributed by atoms with Crippen LogP contribution >= 0.6 is 0 Å². The van der Waals surface area contributed by atoms with Gasteiger partial charge in [0, 0.05) is 38.0 Å². The van der Waals surface area contributed by atoms with Crippen LogP contribution in [-0.4, -0.2) is 13.7 Å². The Labute approximate surface area is 316 Å². The van der Waals surface area contributed by atoms with E-state index in [0.29, 0.717) is 11.1 Å². The molecule has 0 fully saturated rings. The highest BCUT2D eigenvalue weighted by atomic mass is 15.1. The molecule has 3 heterocycles. The Bertz CT molecular complexity index is 3400. The third-order valence-corrected chi connectivity index (χ3v) is 11.1. The Morgan fingerprint density at radius 1 is 0.345 bits per heavy atom. The molecule has 0 aliphatic carbocycles. The van der Waals surface area contributed by atoms with E-state index in [0.717, 1.165) is 61.0 Å². The van der Waals surface area contributed by atoms with E-state index in [4.69, 9.17) is 0 Å². The number of nitriles is 2. The molecular formula is C50H29N5. The summed E-state index contributed by atoms with van der Waals surface area (Å²) in [4.78, 5) is 0. The number of hydrogen-bond acceptors (Lipinski definition) is 2. The van der Waals surface area contributed by atoms with Gasteiger partial charge in [0.15, 0.2) is 0 Å². The van der Waals surface area contributed by atoms with Gasteiger partial charge in [0.25, 0.3) is 0 Å². The van der Waals surface area contributed by atoms with Crippen molar-refractivity contribution in [3.8, 4) is 40.3 Å². The number of hydrogen-bond donors (Lipinski definition) is 0. The zero-order valence-electron chi connectivity index (χ0n) is 29.5. The van der Waals surface area contributed by atoms with Crippen molar-refractivity contribution in [2.75, 3.05) is 0 Å². The quantitative estimate of drug-likeness (QED) is 0.184. The molecule has 0 amide bonds. The van der Waals surface area contributed by atoms with Crippen molar-refractivity contribution in [1.82, 2.24) is 13.7 Å². The molecule has 5 heteroatoms. The molecule has 0 bridgehead atoms. The molecule has 0 unspecified atom stereocenters. The fraction of sp³-hybridized carbons (Fsp3) is 0. The summed E-state index contributed by atoms with van der Waals surface area (Å²) < 4.78 is 6.95. The van der Waals surface area contributed by atoms with E-state index in [1.807, 2.05) is 42.5 Å². The van der Waals surface area contributed by atoms with Gasteiger partial charge in [0.2, 0.25) is 0 Å². The number of aromatic nitrogens is 3. The molecule has 5 nitrogen and oxygen atoms in total. The highest BCUT2D eigenvalue weighted by Gasteiger charge is 2.20. The van der Waals surface area contributed by atoms with Crippen molar-refractivity contribution < 1.29 is 0 Å². The first kappa shape index (κ1) is 30.7. The second-order valence-electron chi connectivity index (χ2n) is 14.0. The van der Waals surface area contributed by atoms with Crippen molar-refractivity contribution >= 4 is 65.4 Å². The van der Waals surface area contributed by atoms with Crippen molar-refractivity contribution in [2.24, 2.45) is 0 Å². The first-order chi connectivity index (χ1) is 27.2. The topological polar surface area (TPSA) is 62.4 Å². The van der Waals surface area contributed by atoms with Crippen molar-refractivity contribution in [3.05, 3.63) is 187 Å². The summed E-state index contributed by atoms with van der Waals surface area (Å²) in [6.45, 7) is 0. The van der Waals surface area contributed by atoms with Gasteiger partial charge in [-0.15, -0.1) is 0 Å². The number of nitrogens with zero attached hydrogens (tertiary/aromatic N) is 5. The molecule has 11 aromatic rings. The lowest BCUT2D eigenvalue weighted by Crippen LogP contribution is -2.01. The number of fused-ring (bicyclic) bond motifs is 9. The van der Waals surface area contributed by atoms with Crippen LogP contribution in [0.15, 0.2) is 176 Å². The van der Waals surface area contributed by atoms with Gasteiger partial charge in [-0.3, -0.25) is 0 Å². The monoisotopic (exact) mass is 699 g/mol. The Morgan fingerprint density at radius 3 is 1.47 bits per heavy atom. The van der Waals surface area contributed by atoms with Crippen LogP contribution in [0.5, 0.6) is 0 Å². The largest absolute Gasteiger partial charge is 0.308 e. The summed E-state index contributed by atoms with van der Waals surface area (Å²) in [5, 5.41) is 26.9. The van der Waals surface area contributed by atoms with Crippen LogP contribution in [0.1, 0.15) is 11.1 Å². The SMILES string of the molecule is N#Cc1ccc2c(c1)c1ccccc1n2-c1cc(-c2ccc(-n3c4ccccc4c4cccc(-n5c6ccccc6c6ccccc65)c43)cc2)ccc1C#N. The van der Waals surface area contributed by atoms with Gasteiger partial charge in [0.1, 0.15) is 6.07 Å². The van der Waals surface area contributed by atoms with Crippen molar-refractivity contribution in [3.63, 3.8) is 0 Å². The standard InChI is InChI=1S/C50H29N5/c51-30-32-20-27-47-42(28-32)40-13-4-8-18-46(40)55(47)49-29-34(21-22-35(49)31-52)33-23-25-36(26-24-33)53-43-15-5-3-12-39(43)41-14-9-19-48(50(41)53)54-44-16-6-1-10-37(44)38-11-2-7-17-45(38)54/h1-29H. The van der Waals surface area contributed by atoms with Crippen LogP contribution in [0.4, 0.5) is 0 Å². The zero-order chi connectivity index (χ0) is 36.6. The average Bonchev–Trinajstić information content (AvgIpc) is 3.89. The van der Waals surface area contributed by atoms with Crippen LogP contribution in [-0.2, 0) is 0 Å². The predicted molar refractivity (Wildman–Crippen MR) is 224 cm³/mol. The van der Waals surface area contributed by atoms with Gasteiger partial charge >= 0.3 is 0 Å². The van der Waals surface area contributed by atoms with E-state index in [-0.39, 0.29) is 0 Å². The Balaban J connectivity index is 1.10. The van der Waals surface area contributed by atoms with E-state index in [1.165, 1.54) is 32.6 Å². The molecule has 0 saturated heterocycles. The molecule has 254 valence electrons. The van der Waals surface area contributed by atoms with Crippen LogP contribution in [0.25, 0.3) is 93.6 Å². The highest BCUT2D eigenvalue weighted by molar-refractivity contribution is 6.15. The van der Waals surface area contributed by atoms with Crippen LogP contribution in [0, 0.1) is 22.7 Å². The Morgan fingerprint density at radius 2 is 0.855 bits per heavy atom. The van der Waals surface area contributed by atoms with Gasteiger partial charge in [0.05, 0.1) is 61.7 Å². The summed E-state index contributed by atoms with van der Waals surface area (Å²) in [6, 6.07) is 66.0. The van der Waals surface area contributed by atoms with E-state index in [2.05, 4.69) is 159 Å². The summed E-state index contributed by atoms with van der Waals surface area (Å²) in [7, 11) is 0. The van der Waals surface area contributed by atoms with Crippen LogP contribution < -0.4 is 0 Å². The average molecular weight is 700 g/mol. The normalized spacial score (nSPS) is 11.6. The molecule has 3 aromatic heterocycles. The summed E-state index contributed by atoms with van der Waals surface area (Å²) >= 11 is 0. The second-order valence-corrected chi connectivity index (χ2v) is 14.0. The van der Waals surface area contributed by atoms with Gasteiger partial charge in [-0.05, 0) is 83.9 Å². The van der Waals surface area contributed by atoms with Crippen molar-refractivity contribution in [1.29, 1.82) is 10.5 Å². The number of para-hydroxylation sites is 5. The summed E-state index contributed by atoms with van der Waals surface area (Å²) in [5.41, 5.74) is 12.8. The first-order valence-electron chi connectivity index (χ1n) is 18.3. The molecule has 0 radical (unpaired) electrons. The van der Waals surface area contributed by atoms with E-state index in [9.17, 15) is 10.5 Å². The molecular weight excluding hydrogens is 671 g/mol. The first-order valence-corrected chi connectivity index (χ1v) is 18.3. The van der Waals surface area contributed by atoms with Gasteiger partial charge in [-0.25, -0.2) is 0 Å². The molecule has 8 aromatic carbocycles. The fourth-order valence-corrected chi connectivity index (χ4v) is 8.73. The zero-order valence-corrected chi connectivity index (χ0v) is 29.5. The lowest BCUT2D eigenvalue weighted by molar-refractivity contribution is 1.13. The molecule has 0 saturated carbocycles. The second kappa shape index (κ2) is 11.8. The smallest absolute Gasteiger partial charge is 0.101 e. The Hall–Kier alpha value is -7.86. The van der Waals surface area contributed by atoms with E-state index >= 15 is 0 Å². The predicted octanol–water partition coefficient (Wildman–Crippen LogP) is 12.4. The van der Waals surface area contributed by atoms with Gasteiger partial charge in [-0.2, -0.15) is 10.5 Å². The number of rotatable bonds is 4. The van der Waals surface area contributed by atoms with E-state index < -0.39 is 0 Å². The molecule has 55 heavy (non-hydrogen) atoms. The summed E-state index contributed by atoms with van der Waals surface area (Å²) in [5.74, 6) is 0. The highest BCUT2D eigenvalue weighted by Crippen LogP contribution is 2.40. The van der Waals surface area contributed by atoms with Crippen molar-refractivity contribution in [2.45, 2.75) is 0 Å². The Kier molecular flexibility index (Phi) is 6.61. The molecule has 0 N–H and O–H groups in total. The number of benzene rings is 8. The lowest BCUT2D eigenvalue weighted by Gasteiger charge is -2.15. The third-order valence-electron chi connectivity index (χ3n) is 11.1. The molecule has 0 aliphatic heterocycles. The third kappa shape index (κ3) is 4.45. The molecule has 0 spiro atoms. The van der Waals surface area contributed by atoms with Gasteiger partial charge in [-0.1, -0.05) is 103 Å². The van der Waals surface area contributed by atoms with E-state index in [1.54, 1.807) is 0 Å². The maximum atomic E-state index is 10.3. The maximum absolute atomic E-state index is 10.3. The molecule has 0 aliphatic rings. The minimum Gasteiger partial charge on any atom is -0.308 e. The maximum Gasteiger partial charge on any atom is 0.101 e. The molecule has 11 rings (SSSR count).